The molecule has 3 atom stereocenters. The molecule has 1 aliphatic heterocycles. The summed E-state index contributed by atoms with van der Waals surface area (Å²) in [6, 6.07) is 2.31. The minimum atomic E-state index is -1.10. The predicted molar refractivity (Wildman–Crippen MR) is 117 cm³/mol. The second kappa shape index (κ2) is 8.28. The fraction of sp³-hybridized carbons (Fsp3) is 0.429. The number of hydrogen-bond acceptors (Lipinski definition) is 8. The molecule has 4 rings (SSSR count). The van der Waals surface area contributed by atoms with Gasteiger partial charge in [-0.05, 0) is 26.3 Å². The molecule has 32 heavy (non-hydrogen) atoms. The Kier molecular flexibility index (Phi) is 5.80. The molecule has 1 amide bonds. The van der Waals surface area contributed by atoms with Gasteiger partial charge in [0.25, 0.3) is 5.91 Å². The van der Waals surface area contributed by atoms with Gasteiger partial charge in [0, 0.05) is 30.3 Å². The number of hydrogen-bond donors (Lipinski definition) is 2. The summed E-state index contributed by atoms with van der Waals surface area (Å²) >= 11 is 1.40. The minimum absolute atomic E-state index is 0.00332. The Morgan fingerprint density at radius 3 is 2.78 bits per heavy atom. The average molecular weight is 464 g/mol. The van der Waals surface area contributed by atoms with Crippen LogP contribution >= 0.6 is 11.8 Å². The van der Waals surface area contributed by atoms with Crippen LogP contribution in [-0.2, 0) is 10.3 Å². The maximum atomic E-state index is 14.9. The molecule has 1 fully saturated rings. The van der Waals surface area contributed by atoms with E-state index in [9.17, 15) is 13.6 Å². The first-order valence-electron chi connectivity index (χ1n) is 10.0. The number of amides is 1. The standard InChI is InChI=1S/C21H23F2N5O3S/c1-4-31-16-9-25-14(8-26-16)18(29)27-11-5-12(17(23)13(22)6-11)20(2)15-7-21(15,10-30-3)32-19(24)28-20/h5-6,8-9,15H,4,7,10H2,1-3H3,(H2,24,28)(H,27,29)/t15-,20-,21+/m0/s1. The van der Waals surface area contributed by atoms with E-state index in [4.69, 9.17) is 15.2 Å². The summed E-state index contributed by atoms with van der Waals surface area (Å²) in [5, 5.41) is 2.84. The van der Waals surface area contributed by atoms with Gasteiger partial charge in [0.2, 0.25) is 5.88 Å². The molecule has 8 nitrogen and oxygen atoms in total. The van der Waals surface area contributed by atoms with Crippen LogP contribution in [-0.4, -0.2) is 46.1 Å². The maximum Gasteiger partial charge on any atom is 0.275 e. The molecule has 11 heteroatoms. The molecule has 1 aliphatic carbocycles. The molecule has 0 bridgehead atoms. The third kappa shape index (κ3) is 3.90. The molecule has 3 N–H and O–H groups in total. The number of carbonyl (C=O) groups excluding carboxylic acids is 1. The van der Waals surface area contributed by atoms with Crippen LogP contribution in [0.5, 0.6) is 5.88 Å². The van der Waals surface area contributed by atoms with Crippen LogP contribution in [0.4, 0.5) is 14.5 Å². The van der Waals surface area contributed by atoms with E-state index in [1.165, 1.54) is 30.2 Å². The van der Waals surface area contributed by atoms with Crippen LogP contribution in [0.2, 0.25) is 0 Å². The molecular formula is C21H23F2N5O3S. The van der Waals surface area contributed by atoms with E-state index in [1.54, 1.807) is 21.0 Å². The molecule has 0 unspecified atom stereocenters. The minimum Gasteiger partial charge on any atom is -0.477 e. The molecule has 2 aromatic rings. The van der Waals surface area contributed by atoms with Crippen LogP contribution in [0.3, 0.4) is 0 Å². The van der Waals surface area contributed by atoms with Gasteiger partial charge in [-0.15, -0.1) is 0 Å². The lowest BCUT2D eigenvalue weighted by Gasteiger charge is -2.34. The number of rotatable bonds is 7. The van der Waals surface area contributed by atoms with Crippen molar-refractivity contribution in [3.05, 3.63) is 47.4 Å². The number of fused-ring (bicyclic) bond motifs is 1. The van der Waals surface area contributed by atoms with Crippen molar-refractivity contribution in [1.29, 1.82) is 0 Å². The van der Waals surface area contributed by atoms with Gasteiger partial charge in [0.05, 0.1) is 35.9 Å². The number of thioether (sulfide) groups is 1. The highest BCUT2D eigenvalue weighted by atomic mass is 32.2. The quantitative estimate of drug-likeness (QED) is 0.649. The number of halogens is 2. The Morgan fingerprint density at radius 2 is 2.12 bits per heavy atom. The van der Waals surface area contributed by atoms with E-state index in [-0.39, 0.29) is 38.7 Å². The van der Waals surface area contributed by atoms with E-state index in [2.05, 4.69) is 20.3 Å². The zero-order valence-corrected chi connectivity index (χ0v) is 18.6. The van der Waals surface area contributed by atoms with Gasteiger partial charge in [-0.1, -0.05) is 11.8 Å². The van der Waals surface area contributed by atoms with Crippen LogP contribution < -0.4 is 15.8 Å². The fourth-order valence-electron chi connectivity index (χ4n) is 4.21. The van der Waals surface area contributed by atoms with E-state index in [1.807, 2.05) is 0 Å². The zero-order valence-electron chi connectivity index (χ0n) is 17.8. The first kappa shape index (κ1) is 22.4. The van der Waals surface area contributed by atoms with Crippen LogP contribution in [0.1, 0.15) is 36.3 Å². The number of nitrogens with one attached hydrogen (secondary N) is 1. The molecule has 170 valence electrons. The summed E-state index contributed by atoms with van der Waals surface area (Å²) in [5.74, 6) is -2.55. The number of aromatic nitrogens is 2. The number of carbonyl (C=O) groups is 1. The summed E-state index contributed by atoms with van der Waals surface area (Å²) in [6.45, 7) is 4.36. The zero-order chi connectivity index (χ0) is 23.1. The van der Waals surface area contributed by atoms with Crippen molar-refractivity contribution in [1.82, 2.24) is 9.97 Å². The Labute approximate surface area is 188 Å². The first-order chi connectivity index (χ1) is 15.2. The molecule has 1 aromatic heterocycles. The Balaban J connectivity index is 1.64. The van der Waals surface area contributed by atoms with Gasteiger partial charge in [0.15, 0.2) is 16.8 Å². The third-order valence-electron chi connectivity index (χ3n) is 5.73. The van der Waals surface area contributed by atoms with E-state index >= 15 is 0 Å². The second-order valence-corrected chi connectivity index (χ2v) is 9.34. The Morgan fingerprint density at radius 1 is 1.34 bits per heavy atom. The molecule has 1 aromatic carbocycles. The highest BCUT2D eigenvalue weighted by Crippen LogP contribution is 2.66. The largest absolute Gasteiger partial charge is 0.477 e. The van der Waals surface area contributed by atoms with Crippen molar-refractivity contribution in [3.63, 3.8) is 0 Å². The summed E-state index contributed by atoms with van der Waals surface area (Å²) in [5.41, 5.74) is 5.05. The fourth-order valence-corrected chi connectivity index (χ4v) is 5.66. The number of anilines is 1. The van der Waals surface area contributed by atoms with E-state index < -0.39 is 23.1 Å². The normalized spacial score (nSPS) is 26.2. The highest BCUT2D eigenvalue weighted by Gasteiger charge is 2.66. The molecule has 1 saturated carbocycles. The van der Waals surface area contributed by atoms with Crippen molar-refractivity contribution >= 4 is 28.5 Å². The SMILES string of the molecule is CCOc1cnc(C(=O)Nc2cc(F)c(F)c([C@]3(C)N=C(N)S[C@@]4(COC)C[C@H]43)c2)cn1. The Bertz CT molecular complexity index is 1080. The number of benzene rings is 1. The molecule has 0 radical (unpaired) electrons. The summed E-state index contributed by atoms with van der Waals surface area (Å²) in [6.07, 6.45) is 3.26. The second-order valence-electron chi connectivity index (χ2n) is 7.90. The van der Waals surface area contributed by atoms with Crippen molar-refractivity contribution in [2.75, 3.05) is 25.6 Å². The van der Waals surface area contributed by atoms with Crippen LogP contribution in [0.15, 0.2) is 29.5 Å². The van der Waals surface area contributed by atoms with Crippen LogP contribution in [0.25, 0.3) is 0 Å². The van der Waals surface area contributed by atoms with Gasteiger partial charge < -0.3 is 20.5 Å². The predicted octanol–water partition coefficient (Wildman–Crippen LogP) is 3.09. The van der Waals surface area contributed by atoms with E-state index in [0.717, 1.165) is 6.07 Å². The lowest BCUT2D eigenvalue weighted by atomic mass is 9.85. The number of methoxy groups -OCH3 is 1. The summed E-state index contributed by atoms with van der Waals surface area (Å²) < 4.78 is 39.7. The molecular weight excluding hydrogens is 440 g/mol. The number of nitrogens with zero attached hydrogens (tertiary/aromatic N) is 3. The smallest absolute Gasteiger partial charge is 0.275 e. The topological polar surface area (TPSA) is 112 Å². The first-order valence-corrected chi connectivity index (χ1v) is 10.8. The lowest BCUT2D eigenvalue weighted by molar-refractivity contribution is 0.102. The Hall–Kier alpha value is -2.79. The highest BCUT2D eigenvalue weighted by molar-refractivity contribution is 8.15. The van der Waals surface area contributed by atoms with Gasteiger partial charge in [-0.25, -0.2) is 18.7 Å². The third-order valence-corrected chi connectivity index (χ3v) is 7.00. The maximum absolute atomic E-state index is 14.9. The number of aliphatic imine (C=N–C) groups is 1. The van der Waals surface area contributed by atoms with Crippen molar-refractivity contribution < 1.29 is 23.0 Å². The number of nitrogens with two attached hydrogens (primary N) is 1. The van der Waals surface area contributed by atoms with Gasteiger partial charge in [-0.2, -0.15) is 0 Å². The number of amidine groups is 1. The monoisotopic (exact) mass is 463 g/mol. The van der Waals surface area contributed by atoms with Crippen molar-refractivity contribution in [2.24, 2.45) is 16.6 Å². The van der Waals surface area contributed by atoms with Gasteiger partial charge in [0.1, 0.15) is 5.69 Å². The van der Waals surface area contributed by atoms with Gasteiger partial charge >= 0.3 is 0 Å². The molecule has 2 aliphatic rings. The van der Waals surface area contributed by atoms with E-state index in [0.29, 0.717) is 19.6 Å². The number of ether oxygens (including phenoxy) is 2. The lowest BCUT2D eigenvalue weighted by Crippen LogP contribution is -2.38. The molecule has 0 spiro atoms. The molecule has 0 saturated heterocycles. The average Bonchev–Trinajstić information content (AvgIpc) is 3.46. The van der Waals surface area contributed by atoms with Gasteiger partial charge in [-0.3, -0.25) is 9.79 Å². The van der Waals surface area contributed by atoms with Crippen LogP contribution in [0, 0.1) is 17.6 Å². The summed E-state index contributed by atoms with van der Waals surface area (Å²) in [7, 11) is 1.59. The molecule has 2 heterocycles. The van der Waals surface area contributed by atoms with Crippen molar-refractivity contribution in [3.8, 4) is 5.88 Å². The summed E-state index contributed by atoms with van der Waals surface area (Å²) in [4.78, 5) is 25.0. The van der Waals surface area contributed by atoms with Crippen molar-refractivity contribution in [2.45, 2.75) is 30.6 Å².